The third-order valence-corrected chi connectivity index (χ3v) is 26.7. The molecule has 2 aliphatic heterocycles. The lowest BCUT2D eigenvalue weighted by molar-refractivity contribution is -0.179. The highest BCUT2D eigenvalue weighted by atomic mass is 16.7. The number of rotatable bonds is 31. The van der Waals surface area contributed by atoms with Gasteiger partial charge in [0.05, 0.1) is 31.4 Å². The van der Waals surface area contributed by atoms with Crippen LogP contribution in [-0.2, 0) is 37.1 Å². The first-order valence-electron chi connectivity index (χ1n) is 42.7. The van der Waals surface area contributed by atoms with E-state index in [1.165, 1.54) is 12.8 Å². The van der Waals surface area contributed by atoms with Gasteiger partial charge in [-0.1, -0.05) is 119 Å². The van der Waals surface area contributed by atoms with E-state index < -0.39 is 42.2 Å². The molecule has 22 nitrogen and oxygen atoms in total. The highest BCUT2D eigenvalue weighted by Gasteiger charge is 2.60. The third-order valence-electron chi connectivity index (χ3n) is 26.7. The Balaban J connectivity index is 0.000000264. The van der Waals surface area contributed by atoms with E-state index in [0.717, 1.165) is 94.7 Å². The summed E-state index contributed by atoms with van der Waals surface area (Å²) >= 11 is 0. The number of carbonyl (C=O) groups is 5. The summed E-state index contributed by atoms with van der Waals surface area (Å²) < 4.78 is 0. The smallest absolute Gasteiger partial charge is 0.251 e. The Morgan fingerprint density at radius 3 is 1.27 bits per heavy atom. The molecule has 6 aliphatic carbocycles. The van der Waals surface area contributed by atoms with Crippen LogP contribution in [0.15, 0.2) is 72.8 Å². The lowest BCUT2D eigenvalue weighted by Crippen LogP contribution is -2.62. The molecule has 7 N–H and O–H groups in total. The van der Waals surface area contributed by atoms with Crippen molar-refractivity contribution in [3.63, 3.8) is 0 Å². The molecule has 115 heavy (non-hydrogen) atoms. The number of hydrogen-bond donors (Lipinski definition) is 7. The Bertz CT molecular complexity index is 3990. The summed E-state index contributed by atoms with van der Waals surface area (Å²) in [5.74, 6) is 1.58. The second kappa shape index (κ2) is 37.8. The van der Waals surface area contributed by atoms with Crippen molar-refractivity contribution in [2.24, 2.45) is 69.0 Å². The lowest BCUT2D eigenvalue weighted by atomic mass is 9.45. The minimum absolute atomic E-state index is 0.00489. The van der Waals surface area contributed by atoms with Crippen molar-refractivity contribution in [2.75, 3.05) is 127 Å². The van der Waals surface area contributed by atoms with Gasteiger partial charge >= 0.3 is 0 Å². The summed E-state index contributed by atoms with van der Waals surface area (Å²) in [5, 5.41) is 42.7. The van der Waals surface area contributed by atoms with E-state index in [9.17, 15) is 34.2 Å². The van der Waals surface area contributed by atoms with Gasteiger partial charge < -0.3 is 66.2 Å². The molecule has 22 heteroatoms. The largest absolute Gasteiger partial charge is 0.393 e. The molecule has 0 spiro atoms. The fraction of sp³-hybridized carbons (Fsp3) is 0.688. The molecular formula is C93H149N13O9. The number of likely N-dealkylation sites (N-methyl/N-ethyl adjacent to an activating group) is 3. The molecule has 18 atom stereocenters. The van der Waals surface area contributed by atoms with E-state index in [-0.39, 0.29) is 89.1 Å². The third kappa shape index (κ3) is 22.7. The molecular weight excluding hydrogens is 1440 g/mol. The molecule has 4 bridgehead atoms. The van der Waals surface area contributed by atoms with Crippen molar-refractivity contribution in [3.05, 3.63) is 106 Å². The van der Waals surface area contributed by atoms with E-state index in [4.69, 9.17) is 9.68 Å². The minimum atomic E-state index is -0.878. The van der Waals surface area contributed by atoms with Crippen LogP contribution in [-0.4, -0.2) is 247 Å². The van der Waals surface area contributed by atoms with Gasteiger partial charge in [0, 0.05) is 126 Å². The van der Waals surface area contributed by atoms with Crippen molar-refractivity contribution in [1.82, 2.24) is 56.3 Å². The maximum absolute atomic E-state index is 14.6. The van der Waals surface area contributed by atoms with Gasteiger partial charge in [0.1, 0.15) is 18.2 Å². The number of nitrogens with one attached hydrogen (secondary N) is 5. The number of anilines is 2. The van der Waals surface area contributed by atoms with Crippen molar-refractivity contribution in [1.29, 1.82) is 0 Å². The monoisotopic (exact) mass is 1590 g/mol. The van der Waals surface area contributed by atoms with Crippen molar-refractivity contribution in [3.8, 4) is 22.3 Å². The Morgan fingerprint density at radius 1 is 0.539 bits per heavy atom. The predicted octanol–water partition coefficient (Wildman–Crippen LogP) is 11.6. The number of amides is 5. The number of benzene rings is 4. The van der Waals surface area contributed by atoms with Gasteiger partial charge in [-0.3, -0.25) is 33.6 Å². The zero-order valence-corrected chi connectivity index (χ0v) is 75.5. The number of hydrogen-bond acceptors (Lipinski definition) is 17. The van der Waals surface area contributed by atoms with Crippen molar-refractivity contribution in [2.45, 2.75) is 229 Å². The number of hydroxylamine groups is 4. The maximum Gasteiger partial charge on any atom is 0.251 e. The van der Waals surface area contributed by atoms with Crippen LogP contribution in [0.3, 0.4) is 0 Å². The average molecular weight is 1590 g/mol. The Hall–Kier alpha value is -6.57. The van der Waals surface area contributed by atoms with Gasteiger partial charge in [-0.05, 0) is 261 Å². The van der Waals surface area contributed by atoms with Crippen LogP contribution in [0.4, 0.5) is 11.4 Å². The lowest BCUT2D eigenvalue weighted by Gasteiger charge is -2.62. The Labute approximate surface area is 691 Å². The first-order valence-corrected chi connectivity index (χ1v) is 42.7. The SMILES string of the molecule is Cc1c(CN2O[C@@H](CN(C)C)[C@@H]([C@H](C)O)[C@H]2C(=O)N[C@H]2C[C@H]3C[C@@H]([C@@H]2C)C3(C)C)cccc1-c1cc(C(=O)N[C@H](CN(C)C)CC(C)(C)C)cc(N(C)C)c1.Cc1c(CN2O[C@@H](CNC(=O)CCN(C)C)[C@@H]([C@H](C)O)[C@H]2C(=O)N[C@H]2C[C@H]3C[C@@H]([C@@H]2C)C3(C)C)cccc1-c1cc(C(=O)N[C@H](CN(C)C)CC(C)(C)C)cc(N(C)C)c1. The second-order valence-electron chi connectivity index (χ2n) is 40.6. The van der Waals surface area contributed by atoms with Crippen LogP contribution in [0.1, 0.15) is 185 Å². The number of aliphatic hydroxyl groups excluding tert-OH is 2. The summed E-state index contributed by atoms with van der Waals surface area (Å²) in [6.45, 7) is 38.4. The normalized spacial score (nSPS) is 26.7. The standard InChI is InChI=1S/C48H77N7O5.C45H72N6O4/c1-29-32(16-15-17-38(29)33-20-34(22-37(21-33)54(13)14)45(58)50-36(28-53(11)12)25-47(4,5)6)27-55-44(46(59)51-40-24-35-23-39(30(40)2)48(35,7)8)43(31(3)56)41(60-55)26-49-42(57)18-19-52(9)10;1-27-30(16-15-17-36(27)31-18-32(20-35(19-31)50(13)14)42(53)46-34(25-48(9)10)23-44(4,5)6)24-51-41(40(29(3)52)39(55-51)26-49(11)12)43(54)47-38-22-33-21-37(28(38)2)45(33,7)8/h15-17,20-22,30-31,35-36,39-41,43-44,56H,18-19,23-28H2,1-14H3,(H,49,57)(H,50,58)(H,51,59);15-20,28-29,33-34,37-41,52H,21-26H2,1-14H3,(H,46,53)(H,47,54)/t30-,31-,35+,36-,39-,40-,41-,43+,44-;28-,29-,33+,34-,37-,38-,39-,40+,41-/m00/s1. The number of nitrogens with zero attached hydrogens (tertiary/aromatic N) is 8. The molecule has 5 amide bonds. The first-order chi connectivity index (χ1) is 53.5. The molecule has 6 saturated carbocycles. The van der Waals surface area contributed by atoms with Crippen LogP contribution in [0.5, 0.6) is 0 Å². The number of carbonyl (C=O) groups excluding carboxylic acids is 5. The maximum atomic E-state index is 14.6. The fourth-order valence-corrected chi connectivity index (χ4v) is 20.2. The highest BCUT2D eigenvalue weighted by Crippen LogP contribution is 2.62. The topological polar surface area (TPSA) is 230 Å². The molecule has 0 aromatic heterocycles. The van der Waals surface area contributed by atoms with Crippen LogP contribution >= 0.6 is 0 Å². The summed E-state index contributed by atoms with van der Waals surface area (Å²) in [7, 11) is 23.9. The quantitative estimate of drug-likeness (QED) is 0.0248. The van der Waals surface area contributed by atoms with Crippen molar-refractivity contribution >= 4 is 40.9 Å². The molecule has 4 aromatic rings. The Kier molecular flexibility index (Phi) is 30.3. The zero-order valence-electron chi connectivity index (χ0n) is 75.5. The molecule has 2 heterocycles. The number of fused-ring (bicyclic) bond motifs is 4. The van der Waals surface area contributed by atoms with Gasteiger partial charge in [0.2, 0.25) is 17.7 Å². The fourth-order valence-electron chi connectivity index (χ4n) is 20.2. The molecule has 0 unspecified atom stereocenters. The van der Waals surface area contributed by atoms with E-state index in [0.29, 0.717) is 78.1 Å². The van der Waals surface area contributed by atoms with Gasteiger partial charge in [0.25, 0.3) is 11.8 Å². The van der Waals surface area contributed by atoms with E-state index in [1.807, 2.05) is 147 Å². The van der Waals surface area contributed by atoms with E-state index in [2.05, 4.69) is 169 Å². The first kappa shape index (κ1) is 92.3. The minimum Gasteiger partial charge on any atom is -0.393 e. The molecule has 0 radical (unpaired) electrons. The molecule has 8 aliphatic rings. The summed E-state index contributed by atoms with van der Waals surface area (Å²) in [6, 6.07) is 23.2. The average Bonchev–Trinajstić information content (AvgIpc) is 1.67. The molecule has 8 fully saturated rings. The van der Waals surface area contributed by atoms with Gasteiger partial charge in [0.15, 0.2) is 0 Å². The molecule has 12 rings (SSSR count). The van der Waals surface area contributed by atoms with Crippen molar-refractivity contribution < 1.29 is 43.9 Å². The zero-order chi connectivity index (χ0) is 85.2. The molecule has 640 valence electrons. The van der Waals surface area contributed by atoms with E-state index >= 15 is 0 Å². The molecule has 2 saturated heterocycles. The van der Waals surface area contributed by atoms with Crippen LogP contribution in [0.25, 0.3) is 22.3 Å². The second-order valence-corrected chi connectivity index (χ2v) is 40.6. The van der Waals surface area contributed by atoms with Crippen LogP contribution in [0.2, 0.25) is 0 Å². The van der Waals surface area contributed by atoms with Gasteiger partial charge in [-0.15, -0.1) is 0 Å². The van der Waals surface area contributed by atoms with Gasteiger partial charge in [-0.2, -0.15) is 10.1 Å². The highest BCUT2D eigenvalue weighted by molar-refractivity contribution is 5.98. The van der Waals surface area contributed by atoms with E-state index in [1.54, 1.807) is 18.9 Å². The predicted molar refractivity (Wildman–Crippen MR) is 465 cm³/mol. The summed E-state index contributed by atoms with van der Waals surface area (Å²) in [4.78, 5) is 95.5. The summed E-state index contributed by atoms with van der Waals surface area (Å²) in [5.41, 5.74) is 11.7. The molecule has 4 aromatic carbocycles. The van der Waals surface area contributed by atoms with Crippen LogP contribution in [0, 0.1) is 82.9 Å². The van der Waals surface area contributed by atoms with Gasteiger partial charge in [-0.25, -0.2) is 0 Å². The Morgan fingerprint density at radius 2 is 0.930 bits per heavy atom. The summed E-state index contributed by atoms with van der Waals surface area (Å²) in [6.07, 6.45) is 3.84. The van der Waals surface area contributed by atoms with Crippen LogP contribution < -0.4 is 36.4 Å². The number of aliphatic hydroxyl groups is 2.